The zero-order valence-corrected chi connectivity index (χ0v) is 18.6. The topological polar surface area (TPSA) is 26.3 Å². The fourth-order valence-corrected chi connectivity index (χ4v) is 7.12. The van der Waals surface area contributed by atoms with Crippen molar-refractivity contribution in [2.24, 2.45) is 23.2 Å². The second-order valence-electron chi connectivity index (χ2n) is 9.35. The second kappa shape index (κ2) is 7.82. The van der Waals surface area contributed by atoms with Gasteiger partial charge in [-0.15, -0.1) is 0 Å². The van der Waals surface area contributed by atoms with Gasteiger partial charge in [-0.2, -0.15) is 0 Å². The number of cyclic esters (lactones) is 1. The first kappa shape index (κ1) is 19.9. The van der Waals surface area contributed by atoms with E-state index < -0.39 is 0 Å². The van der Waals surface area contributed by atoms with Gasteiger partial charge < -0.3 is 4.74 Å². The summed E-state index contributed by atoms with van der Waals surface area (Å²) in [5.74, 6) is 1.69. The number of fused-ring (bicyclic) bond motifs is 1. The minimum atomic E-state index is -0.219. The van der Waals surface area contributed by atoms with Crippen molar-refractivity contribution in [2.45, 2.75) is 64.4 Å². The van der Waals surface area contributed by atoms with Gasteiger partial charge in [-0.25, -0.2) is 4.79 Å². The van der Waals surface area contributed by atoms with E-state index in [9.17, 15) is 4.79 Å². The minimum absolute atomic E-state index is 0.00879. The molecule has 4 rings (SSSR count). The molecule has 3 fully saturated rings. The molecular weight excluding hydrogens is 412 g/mol. The summed E-state index contributed by atoms with van der Waals surface area (Å²) in [6.07, 6.45) is 7.25. The molecule has 2 nitrogen and oxygen atoms in total. The van der Waals surface area contributed by atoms with Gasteiger partial charge in [0.25, 0.3) is 0 Å². The molecule has 0 unspecified atom stereocenters. The molecule has 28 heavy (non-hydrogen) atoms. The van der Waals surface area contributed by atoms with Crippen LogP contribution in [0.3, 0.4) is 0 Å². The quantitative estimate of drug-likeness (QED) is 0.379. The van der Waals surface area contributed by atoms with Crippen molar-refractivity contribution < 1.29 is 9.53 Å². The first-order chi connectivity index (χ1) is 13.5. The molecule has 2 aliphatic carbocycles. The highest BCUT2D eigenvalue weighted by atomic mass is 79.9. The first-order valence-electron chi connectivity index (χ1n) is 10.7. The van der Waals surface area contributed by atoms with Crippen LogP contribution in [0.5, 0.6) is 0 Å². The summed E-state index contributed by atoms with van der Waals surface area (Å²) in [5, 5.41) is 0. The van der Waals surface area contributed by atoms with E-state index in [4.69, 9.17) is 4.74 Å². The van der Waals surface area contributed by atoms with E-state index in [0.29, 0.717) is 28.7 Å². The molecule has 0 bridgehead atoms. The lowest BCUT2D eigenvalue weighted by atomic mass is 9.61. The van der Waals surface area contributed by atoms with E-state index in [0.717, 1.165) is 12.0 Å². The highest BCUT2D eigenvalue weighted by Gasteiger charge is 2.51. The van der Waals surface area contributed by atoms with Crippen molar-refractivity contribution in [1.82, 2.24) is 0 Å². The van der Waals surface area contributed by atoms with Crippen LogP contribution < -0.4 is 0 Å². The van der Waals surface area contributed by atoms with Crippen LogP contribution in [0.2, 0.25) is 0 Å². The fraction of sp³-hybridized carbons (Fsp3) is 0.560. The molecule has 1 heterocycles. The number of esters is 1. The number of halogens is 1. The molecule has 0 amide bonds. The van der Waals surface area contributed by atoms with Crippen molar-refractivity contribution in [3.05, 3.63) is 58.6 Å². The Hall–Kier alpha value is -1.35. The lowest BCUT2D eigenvalue weighted by Gasteiger charge is -2.44. The van der Waals surface area contributed by atoms with Gasteiger partial charge in [0.1, 0.15) is 6.10 Å². The predicted octanol–water partition coefficient (Wildman–Crippen LogP) is 6.77. The molecule has 0 spiro atoms. The second-order valence-corrected chi connectivity index (χ2v) is 9.81. The Morgan fingerprint density at radius 3 is 2.79 bits per heavy atom. The van der Waals surface area contributed by atoms with Gasteiger partial charge in [-0.3, -0.25) is 0 Å². The molecular formula is C25H31BrO2. The van der Waals surface area contributed by atoms with Gasteiger partial charge >= 0.3 is 5.97 Å². The van der Waals surface area contributed by atoms with Gasteiger partial charge in [-0.05, 0) is 72.2 Å². The van der Waals surface area contributed by atoms with E-state index in [1.54, 1.807) is 5.57 Å². The SMILES string of the molecule is C=C1C(=O)O[C@@H](C[C@@H](C)[C@H]2CC[C@H]3C(=CBr)CCC[C@]23C)[C@H]1c1ccccc1. The summed E-state index contributed by atoms with van der Waals surface area (Å²) in [4.78, 5) is 14.5. The van der Waals surface area contributed by atoms with E-state index in [-0.39, 0.29) is 18.0 Å². The Bertz CT molecular complexity index is 783. The van der Waals surface area contributed by atoms with E-state index in [2.05, 4.69) is 53.5 Å². The van der Waals surface area contributed by atoms with Crippen molar-refractivity contribution in [3.8, 4) is 0 Å². The van der Waals surface area contributed by atoms with E-state index >= 15 is 0 Å². The Kier molecular flexibility index (Phi) is 5.57. The van der Waals surface area contributed by atoms with Crippen LogP contribution in [0.15, 0.2) is 53.0 Å². The Morgan fingerprint density at radius 1 is 1.32 bits per heavy atom. The zero-order chi connectivity index (χ0) is 19.9. The van der Waals surface area contributed by atoms with Crippen molar-refractivity contribution in [3.63, 3.8) is 0 Å². The Labute approximate surface area is 177 Å². The summed E-state index contributed by atoms with van der Waals surface area (Å²) in [7, 11) is 0. The average molecular weight is 443 g/mol. The first-order valence-corrected chi connectivity index (χ1v) is 11.6. The van der Waals surface area contributed by atoms with Gasteiger partial charge in [0, 0.05) is 5.57 Å². The largest absolute Gasteiger partial charge is 0.458 e. The van der Waals surface area contributed by atoms with Crippen molar-refractivity contribution in [2.75, 3.05) is 0 Å². The molecule has 1 aromatic carbocycles. The minimum Gasteiger partial charge on any atom is -0.458 e. The number of hydrogen-bond acceptors (Lipinski definition) is 2. The van der Waals surface area contributed by atoms with Crippen LogP contribution >= 0.6 is 15.9 Å². The van der Waals surface area contributed by atoms with Crippen LogP contribution in [-0.2, 0) is 9.53 Å². The molecule has 150 valence electrons. The third-order valence-electron chi connectivity index (χ3n) is 7.90. The third-order valence-corrected chi connectivity index (χ3v) is 8.48. The summed E-state index contributed by atoms with van der Waals surface area (Å²) < 4.78 is 5.82. The van der Waals surface area contributed by atoms with Crippen LogP contribution in [0.25, 0.3) is 0 Å². The normalized spacial score (nSPS) is 37.8. The number of ether oxygens (including phenoxy) is 1. The summed E-state index contributed by atoms with van der Waals surface area (Å²) >= 11 is 3.62. The smallest absolute Gasteiger partial charge is 0.334 e. The Morgan fingerprint density at radius 2 is 2.07 bits per heavy atom. The monoisotopic (exact) mass is 442 g/mol. The number of allylic oxidation sites excluding steroid dienone is 1. The maximum atomic E-state index is 12.3. The van der Waals surface area contributed by atoms with Crippen LogP contribution in [0.1, 0.15) is 63.9 Å². The van der Waals surface area contributed by atoms with Crippen molar-refractivity contribution >= 4 is 21.9 Å². The van der Waals surface area contributed by atoms with Gasteiger partial charge in [-0.1, -0.05) is 72.3 Å². The van der Waals surface area contributed by atoms with Gasteiger partial charge in [0.05, 0.1) is 5.92 Å². The molecule has 1 saturated heterocycles. The molecule has 3 heteroatoms. The number of hydrogen-bond donors (Lipinski definition) is 0. The summed E-state index contributed by atoms with van der Waals surface area (Å²) in [6.45, 7) is 8.95. The maximum Gasteiger partial charge on any atom is 0.334 e. The lowest BCUT2D eigenvalue weighted by Crippen LogP contribution is -2.37. The summed E-state index contributed by atoms with van der Waals surface area (Å²) in [5.41, 5.74) is 3.74. The molecule has 0 aromatic heterocycles. The standard InChI is InChI=1S/C25H31BrO2/c1-16(20-11-12-21-19(15-26)10-7-13-25(20,21)3)14-22-23(17(2)24(27)28-22)18-8-5-4-6-9-18/h4-6,8-9,15-16,20-23H,2,7,10-14H2,1,3H3/t16-,20-,21+,22+,23-,25-/m1/s1. The molecule has 1 aromatic rings. The van der Waals surface area contributed by atoms with Crippen LogP contribution in [0.4, 0.5) is 0 Å². The molecule has 1 aliphatic heterocycles. The highest BCUT2D eigenvalue weighted by molar-refractivity contribution is 9.11. The molecule has 0 N–H and O–H groups in total. The van der Waals surface area contributed by atoms with E-state index in [1.165, 1.54) is 32.1 Å². The number of rotatable bonds is 4. The molecule has 2 saturated carbocycles. The zero-order valence-electron chi connectivity index (χ0n) is 17.0. The number of carbonyl (C=O) groups is 1. The summed E-state index contributed by atoms with van der Waals surface area (Å²) in [6, 6.07) is 10.3. The van der Waals surface area contributed by atoms with Crippen molar-refractivity contribution in [1.29, 1.82) is 0 Å². The third kappa shape index (κ3) is 3.30. The number of benzene rings is 1. The molecule has 3 aliphatic rings. The molecule has 6 atom stereocenters. The fourth-order valence-electron chi connectivity index (χ4n) is 6.57. The Balaban J connectivity index is 1.54. The van der Waals surface area contributed by atoms with Gasteiger partial charge in [0.2, 0.25) is 0 Å². The number of carbonyl (C=O) groups excluding carboxylic acids is 1. The lowest BCUT2D eigenvalue weighted by molar-refractivity contribution is -0.139. The van der Waals surface area contributed by atoms with Gasteiger partial charge in [0.15, 0.2) is 0 Å². The predicted molar refractivity (Wildman–Crippen MR) is 117 cm³/mol. The highest BCUT2D eigenvalue weighted by Crippen LogP contribution is 2.60. The van der Waals surface area contributed by atoms with Crippen LogP contribution in [0, 0.1) is 23.2 Å². The maximum absolute atomic E-state index is 12.3. The van der Waals surface area contributed by atoms with Crippen LogP contribution in [-0.4, -0.2) is 12.1 Å². The average Bonchev–Trinajstić information content (AvgIpc) is 3.18. The molecule has 0 radical (unpaired) electrons. The van der Waals surface area contributed by atoms with E-state index in [1.807, 2.05) is 18.2 Å².